The molecule has 3 aliphatic rings. The monoisotopic (exact) mass is 269 g/mol. The van der Waals surface area contributed by atoms with Crippen LogP contribution in [0, 0.1) is 6.92 Å². The molecule has 3 fully saturated rings. The van der Waals surface area contributed by atoms with Gasteiger partial charge in [0.15, 0.2) is 0 Å². The van der Waals surface area contributed by atoms with Gasteiger partial charge in [0.25, 0.3) is 10.1 Å². The van der Waals surface area contributed by atoms with Crippen LogP contribution in [0.25, 0.3) is 0 Å². The second-order valence-corrected chi connectivity index (χ2v) is 6.38. The zero-order valence-corrected chi connectivity index (χ0v) is 10.9. The lowest BCUT2D eigenvalue weighted by atomic mass is 9.97. The molecule has 1 aromatic rings. The van der Waals surface area contributed by atoms with Gasteiger partial charge in [-0.3, -0.25) is 0 Å². The molecule has 2 atom stereocenters. The fourth-order valence-electron chi connectivity index (χ4n) is 2.33. The van der Waals surface area contributed by atoms with E-state index >= 15 is 0 Å². The summed E-state index contributed by atoms with van der Waals surface area (Å²) in [5.41, 5.74) is 1.01. The zero-order chi connectivity index (χ0) is 12.8. The average Bonchev–Trinajstić information content (AvgIpc) is 2.28. The summed E-state index contributed by atoms with van der Waals surface area (Å²) in [7, 11) is -3.76. The molecule has 3 saturated heterocycles. The van der Waals surface area contributed by atoms with Gasteiger partial charge in [0, 0.05) is 13.0 Å². The smallest absolute Gasteiger partial charge is 0.299 e. The molecule has 0 aromatic heterocycles. The molecule has 3 heterocycles. The minimum atomic E-state index is -3.76. The van der Waals surface area contributed by atoms with Gasteiger partial charge in [-0.2, -0.15) is 8.42 Å². The predicted molar refractivity (Wildman–Crippen MR) is 64.5 cm³/mol. The molecule has 6 heteroatoms. The fourth-order valence-corrected chi connectivity index (χ4v) is 3.46. The Morgan fingerprint density at radius 1 is 1.39 bits per heavy atom. The van der Waals surface area contributed by atoms with Crippen LogP contribution in [0.4, 0.5) is 0 Å². The number of nitrogens with one attached hydrogen (secondary N) is 1. The number of piperidine rings is 1. The first-order chi connectivity index (χ1) is 8.49. The highest BCUT2D eigenvalue weighted by atomic mass is 32.2. The van der Waals surface area contributed by atoms with E-state index in [1.54, 1.807) is 24.3 Å². The van der Waals surface area contributed by atoms with Crippen LogP contribution in [-0.4, -0.2) is 33.4 Å². The van der Waals surface area contributed by atoms with Crippen molar-refractivity contribution in [3.05, 3.63) is 29.8 Å². The molecule has 1 aromatic carbocycles. The summed E-state index contributed by atoms with van der Waals surface area (Å²) in [6.45, 7) is 3.07. The first kappa shape index (κ1) is 12.1. The molecule has 2 unspecified atom stereocenters. The van der Waals surface area contributed by atoms with Crippen molar-refractivity contribution in [1.29, 1.82) is 0 Å². The SMILES string of the molecule is Cc1ccc(S(=O)(=O)OC23CNCC(C2)O3)cc1. The predicted octanol–water partition coefficient (Wildman–Crippen LogP) is 0.789. The van der Waals surface area contributed by atoms with E-state index in [9.17, 15) is 8.42 Å². The summed E-state index contributed by atoms with van der Waals surface area (Å²) in [6, 6.07) is 6.59. The van der Waals surface area contributed by atoms with Crippen LogP contribution >= 0.6 is 0 Å². The molecule has 5 nitrogen and oxygen atoms in total. The van der Waals surface area contributed by atoms with Crippen LogP contribution in [0.3, 0.4) is 0 Å². The van der Waals surface area contributed by atoms with E-state index in [4.69, 9.17) is 8.92 Å². The first-order valence-corrected chi connectivity index (χ1v) is 7.31. The number of rotatable bonds is 3. The number of aryl methyl sites for hydroxylation is 1. The molecule has 3 aliphatic heterocycles. The molecule has 18 heavy (non-hydrogen) atoms. The van der Waals surface area contributed by atoms with E-state index in [1.165, 1.54) is 0 Å². The minimum Gasteiger partial charge on any atom is -0.343 e. The summed E-state index contributed by atoms with van der Waals surface area (Å²) in [5, 5.41) is 3.09. The largest absolute Gasteiger partial charge is 0.343 e. The molecule has 98 valence electrons. The van der Waals surface area contributed by atoms with Gasteiger partial charge in [-0.25, -0.2) is 4.18 Å². The summed E-state index contributed by atoms with van der Waals surface area (Å²) in [5.74, 6) is -0.993. The number of benzene rings is 1. The second kappa shape index (κ2) is 4.03. The molecule has 0 amide bonds. The van der Waals surface area contributed by atoms with Gasteiger partial charge in [-0.15, -0.1) is 0 Å². The zero-order valence-electron chi connectivity index (χ0n) is 10.0. The number of fused-ring (bicyclic) bond motifs is 2. The molecule has 0 saturated carbocycles. The van der Waals surface area contributed by atoms with Crippen LogP contribution in [0.2, 0.25) is 0 Å². The van der Waals surface area contributed by atoms with Gasteiger partial charge in [-0.05, 0) is 19.1 Å². The highest BCUT2D eigenvalue weighted by molar-refractivity contribution is 7.86. The minimum absolute atomic E-state index is 0.0759. The van der Waals surface area contributed by atoms with Crippen molar-refractivity contribution >= 4 is 10.1 Å². The van der Waals surface area contributed by atoms with Gasteiger partial charge in [0.05, 0.1) is 17.5 Å². The number of morpholine rings is 1. The van der Waals surface area contributed by atoms with Crippen molar-refractivity contribution in [2.24, 2.45) is 0 Å². The Balaban J connectivity index is 1.81. The van der Waals surface area contributed by atoms with E-state index in [-0.39, 0.29) is 11.0 Å². The Labute approximate surface area is 106 Å². The molecule has 0 radical (unpaired) electrons. The van der Waals surface area contributed by atoms with Gasteiger partial charge < -0.3 is 10.1 Å². The van der Waals surface area contributed by atoms with Gasteiger partial charge in [0.1, 0.15) is 0 Å². The van der Waals surface area contributed by atoms with Crippen LogP contribution in [0.5, 0.6) is 0 Å². The first-order valence-electron chi connectivity index (χ1n) is 5.90. The Bertz CT molecular complexity index is 540. The Morgan fingerprint density at radius 2 is 2.06 bits per heavy atom. The number of hydrogen-bond acceptors (Lipinski definition) is 5. The van der Waals surface area contributed by atoms with E-state index < -0.39 is 15.9 Å². The topological polar surface area (TPSA) is 64.6 Å². The lowest BCUT2D eigenvalue weighted by Crippen LogP contribution is -2.66. The second-order valence-electron chi connectivity index (χ2n) is 4.84. The van der Waals surface area contributed by atoms with Crippen molar-refractivity contribution < 1.29 is 17.3 Å². The van der Waals surface area contributed by atoms with Gasteiger partial charge in [0.2, 0.25) is 5.79 Å². The molecule has 1 N–H and O–H groups in total. The Hall–Kier alpha value is -0.950. The molecular formula is C12H15NO4S. The van der Waals surface area contributed by atoms with Crippen LogP contribution < -0.4 is 5.32 Å². The van der Waals surface area contributed by atoms with Crippen LogP contribution in [0.15, 0.2) is 29.2 Å². The van der Waals surface area contributed by atoms with Crippen molar-refractivity contribution in [3.8, 4) is 0 Å². The van der Waals surface area contributed by atoms with E-state index in [0.717, 1.165) is 12.1 Å². The highest BCUT2D eigenvalue weighted by Gasteiger charge is 2.52. The summed E-state index contributed by atoms with van der Waals surface area (Å²) >= 11 is 0. The third kappa shape index (κ3) is 2.05. The molecule has 4 rings (SSSR count). The molecular weight excluding hydrogens is 254 g/mol. The standard InChI is InChI=1S/C12H15NO4S/c1-9-2-4-11(5-3-9)18(14,15)17-12-6-10(16-12)7-13-8-12/h2-5,10,13H,6-8H2,1H3. The lowest BCUT2D eigenvalue weighted by molar-refractivity contribution is -0.315. The van der Waals surface area contributed by atoms with E-state index in [1.807, 2.05) is 6.92 Å². The van der Waals surface area contributed by atoms with Crippen molar-refractivity contribution in [3.63, 3.8) is 0 Å². The third-order valence-electron chi connectivity index (χ3n) is 3.26. The van der Waals surface area contributed by atoms with Crippen LogP contribution in [0.1, 0.15) is 12.0 Å². The summed E-state index contributed by atoms with van der Waals surface area (Å²) in [4.78, 5) is 0.167. The molecule has 0 aliphatic carbocycles. The average molecular weight is 269 g/mol. The highest BCUT2D eigenvalue weighted by Crippen LogP contribution is 2.38. The maximum Gasteiger partial charge on any atom is 0.299 e. The fraction of sp³-hybridized carbons (Fsp3) is 0.500. The number of ether oxygens (including phenoxy) is 1. The lowest BCUT2D eigenvalue weighted by Gasteiger charge is -2.50. The number of hydrogen-bond donors (Lipinski definition) is 1. The van der Waals surface area contributed by atoms with Crippen molar-refractivity contribution in [2.45, 2.75) is 30.1 Å². The van der Waals surface area contributed by atoms with E-state index in [2.05, 4.69) is 5.32 Å². The maximum atomic E-state index is 12.1. The maximum absolute atomic E-state index is 12.1. The third-order valence-corrected chi connectivity index (χ3v) is 4.63. The van der Waals surface area contributed by atoms with E-state index in [0.29, 0.717) is 13.0 Å². The summed E-state index contributed by atoms with van der Waals surface area (Å²) < 4.78 is 34.9. The normalized spacial score (nSPS) is 30.8. The van der Waals surface area contributed by atoms with Crippen LogP contribution in [-0.2, 0) is 19.0 Å². The van der Waals surface area contributed by atoms with Gasteiger partial charge >= 0.3 is 0 Å². The quantitative estimate of drug-likeness (QED) is 0.822. The van der Waals surface area contributed by atoms with Crippen molar-refractivity contribution in [2.75, 3.05) is 13.1 Å². The Morgan fingerprint density at radius 3 is 2.61 bits per heavy atom. The van der Waals surface area contributed by atoms with Gasteiger partial charge in [-0.1, -0.05) is 17.7 Å². The Kier molecular flexibility index (Phi) is 2.71. The molecule has 0 spiro atoms. The van der Waals surface area contributed by atoms with Crippen molar-refractivity contribution in [1.82, 2.24) is 5.32 Å². The summed E-state index contributed by atoms with van der Waals surface area (Å²) in [6.07, 6.45) is 0.706. The molecule has 2 bridgehead atoms.